The molecule has 3 nitrogen and oxygen atoms in total. The van der Waals surface area contributed by atoms with Crippen molar-refractivity contribution in [2.45, 2.75) is 18.9 Å². The molecule has 1 aliphatic heterocycles. The third-order valence-corrected chi connectivity index (χ3v) is 2.82. The maximum Gasteiger partial charge on any atom is 0.165 e. The summed E-state index contributed by atoms with van der Waals surface area (Å²) in [5, 5.41) is 0. The van der Waals surface area contributed by atoms with Crippen molar-refractivity contribution in [3.63, 3.8) is 0 Å². The molecular weight excluding hydrogens is 216 g/mol. The van der Waals surface area contributed by atoms with E-state index in [-0.39, 0.29) is 24.7 Å². The van der Waals surface area contributed by atoms with Crippen LogP contribution in [0.4, 0.5) is 8.78 Å². The Morgan fingerprint density at radius 3 is 2.50 bits per heavy atom. The second-order valence-electron chi connectivity index (χ2n) is 3.84. The summed E-state index contributed by atoms with van der Waals surface area (Å²) in [5.74, 6) is -1.47. The molecule has 5 heteroatoms. The van der Waals surface area contributed by atoms with E-state index >= 15 is 0 Å². The lowest BCUT2D eigenvalue weighted by atomic mass is 10.0. The number of halogens is 2. The minimum atomic E-state index is -0.953. The second kappa shape index (κ2) is 3.90. The molecule has 1 heterocycles. The van der Waals surface area contributed by atoms with Gasteiger partial charge in [0.2, 0.25) is 0 Å². The highest BCUT2D eigenvalue weighted by Crippen LogP contribution is 2.37. The van der Waals surface area contributed by atoms with Gasteiger partial charge in [-0.2, -0.15) is 0 Å². The van der Waals surface area contributed by atoms with E-state index in [9.17, 15) is 8.78 Å². The number of ether oxygens (including phenoxy) is 2. The fourth-order valence-electron chi connectivity index (χ4n) is 1.59. The molecule has 1 atom stereocenters. The third kappa shape index (κ3) is 1.71. The SMILES string of the molecule is CC[C@]1(CN)COc2cc(F)c(F)cc2O1. The molecule has 0 saturated heterocycles. The summed E-state index contributed by atoms with van der Waals surface area (Å²) in [7, 11) is 0. The van der Waals surface area contributed by atoms with E-state index in [1.54, 1.807) is 0 Å². The number of rotatable bonds is 2. The lowest BCUT2D eigenvalue weighted by Crippen LogP contribution is -2.50. The number of benzene rings is 1. The summed E-state index contributed by atoms with van der Waals surface area (Å²) in [6.45, 7) is 2.42. The molecule has 0 amide bonds. The van der Waals surface area contributed by atoms with Crippen LogP contribution >= 0.6 is 0 Å². The Morgan fingerprint density at radius 1 is 1.31 bits per heavy atom. The van der Waals surface area contributed by atoms with E-state index in [0.29, 0.717) is 6.42 Å². The Labute approximate surface area is 92.1 Å². The van der Waals surface area contributed by atoms with E-state index < -0.39 is 17.2 Å². The molecule has 0 radical (unpaired) electrons. The average Bonchev–Trinajstić information content (AvgIpc) is 2.30. The molecular formula is C11H13F2NO2. The van der Waals surface area contributed by atoms with Crippen LogP contribution in [0, 0.1) is 11.6 Å². The molecule has 2 rings (SSSR count). The molecule has 0 aromatic heterocycles. The highest BCUT2D eigenvalue weighted by molar-refractivity contribution is 5.42. The molecule has 0 unspecified atom stereocenters. The Morgan fingerprint density at radius 2 is 1.94 bits per heavy atom. The molecule has 16 heavy (non-hydrogen) atoms. The Balaban J connectivity index is 2.36. The van der Waals surface area contributed by atoms with Crippen LogP contribution in [0.5, 0.6) is 11.5 Å². The highest BCUT2D eigenvalue weighted by Gasteiger charge is 2.35. The molecule has 1 aromatic rings. The third-order valence-electron chi connectivity index (χ3n) is 2.82. The van der Waals surface area contributed by atoms with Gasteiger partial charge in [-0.25, -0.2) is 8.78 Å². The minimum Gasteiger partial charge on any atom is -0.485 e. The summed E-state index contributed by atoms with van der Waals surface area (Å²) in [4.78, 5) is 0. The van der Waals surface area contributed by atoms with Crippen molar-refractivity contribution in [2.75, 3.05) is 13.2 Å². The average molecular weight is 229 g/mol. The Kier molecular flexibility index (Phi) is 2.71. The van der Waals surface area contributed by atoms with Crippen molar-refractivity contribution in [1.29, 1.82) is 0 Å². The zero-order valence-corrected chi connectivity index (χ0v) is 8.93. The van der Waals surface area contributed by atoms with Gasteiger partial charge in [0.15, 0.2) is 28.7 Å². The number of hydrogen-bond donors (Lipinski definition) is 1. The van der Waals surface area contributed by atoms with Crippen LogP contribution in [-0.4, -0.2) is 18.8 Å². The maximum absolute atomic E-state index is 13.0. The quantitative estimate of drug-likeness (QED) is 0.841. The molecule has 1 aliphatic rings. The maximum atomic E-state index is 13.0. The fraction of sp³-hybridized carbons (Fsp3) is 0.455. The van der Waals surface area contributed by atoms with E-state index in [1.165, 1.54) is 0 Å². The van der Waals surface area contributed by atoms with Crippen LogP contribution < -0.4 is 15.2 Å². The van der Waals surface area contributed by atoms with Crippen LogP contribution in [0.2, 0.25) is 0 Å². The molecule has 0 spiro atoms. The van der Waals surface area contributed by atoms with Crippen LogP contribution in [0.15, 0.2) is 12.1 Å². The summed E-state index contributed by atoms with van der Waals surface area (Å²) in [5.41, 5.74) is 4.96. The van der Waals surface area contributed by atoms with Gasteiger partial charge in [0.05, 0.1) is 0 Å². The van der Waals surface area contributed by atoms with Crippen molar-refractivity contribution >= 4 is 0 Å². The molecule has 0 saturated carbocycles. The first-order valence-corrected chi connectivity index (χ1v) is 5.11. The van der Waals surface area contributed by atoms with Gasteiger partial charge in [0, 0.05) is 18.7 Å². The predicted octanol–water partition coefficient (Wildman–Crippen LogP) is 1.84. The summed E-state index contributed by atoms with van der Waals surface area (Å²) >= 11 is 0. The van der Waals surface area contributed by atoms with Crippen molar-refractivity contribution in [3.8, 4) is 11.5 Å². The topological polar surface area (TPSA) is 44.5 Å². The van der Waals surface area contributed by atoms with Crippen LogP contribution in [-0.2, 0) is 0 Å². The monoisotopic (exact) mass is 229 g/mol. The molecule has 0 fully saturated rings. The second-order valence-corrected chi connectivity index (χ2v) is 3.84. The van der Waals surface area contributed by atoms with Gasteiger partial charge in [-0.15, -0.1) is 0 Å². The van der Waals surface area contributed by atoms with Crippen molar-refractivity contribution < 1.29 is 18.3 Å². The van der Waals surface area contributed by atoms with Gasteiger partial charge >= 0.3 is 0 Å². The van der Waals surface area contributed by atoms with Gasteiger partial charge in [-0.1, -0.05) is 6.92 Å². The lowest BCUT2D eigenvalue weighted by Gasteiger charge is -2.36. The predicted molar refractivity (Wildman–Crippen MR) is 54.6 cm³/mol. The molecule has 0 bridgehead atoms. The van der Waals surface area contributed by atoms with Gasteiger partial charge in [-0.05, 0) is 6.42 Å². The van der Waals surface area contributed by atoms with E-state index in [2.05, 4.69) is 0 Å². The zero-order valence-electron chi connectivity index (χ0n) is 8.93. The smallest absolute Gasteiger partial charge is 0.165 e. The van der Waals surface area contributed by atoms with Crippen LogP contribution in [0.25, 0.3) is 0 Å². The normalized spacial score (nSPS) is 23.2. The van der Waals surface area contributed by atoms with E-state index in [1.807, 2.05) is 6.92 Å². The van der Waals surface area contributed by atoms with E-state index in [4.69, 9.17) is 15.2 Å². The number of fused-ring (bicyclic) bond motifs is 1. The Hall–Kier alpha value is -1.36. The first-order chi connectivity index (χ1) is 7.60. The molecule has 2 N–H and O–H groups in total. The molecule has 0 aliphatic carbocycles. The van der Waals surface area contributed by atoms with Crippen LogP contribution in [0.1, 0.15) is 13.3 Å². The van der Waals surface area contributed by atoms with Gasteiger partial charge in [0.1, 0.15) is 6.61 Å². The molecule has 88 valence electrons. The highest BCUT2D eigenvalue weighted by atomic mass is 19.2. The first-order valence-electron chi connectivity index (χ1n) is 5.11. The summed E-state index contributed by atoms with van der Waals surface area (Å²) in [6.07, 6.45) is 0.641. The first kappa shape index (κ1) is 11.1. The minimum absolute atomic E-state index is 0.206. The van der Waals surface area contributed by atoms with Crippen molar-refractivity contribution in [1.82, 2.24) is 0 Å². The van der Waals surface area contributed by atoms with Gasteiger partial charge in [0.25, 0.3) is 0 Å². The zero-order chi connectivity index (χ0) is 11.8. The Bertz CT molecular complexity index is 405. The van der Waals surface area contributed by atoms with Crippen molar-refractivity contribution in [2.24, 2.45) is 5.73 Å². The largest absolute Gasteiger partial charge is 0.485 e. The van der Waals surface area contributed by atoms with E-state index in [0.717, 1.165) is 12.1 Å². The van der Waals surface area contributed by atoms with Gasteiger partial charge < -0.3 is 15.2 Å². The number of hydrogen-bond acceptors (Lipinski definition) is 3. The standard InChI is InChI=1S/C11H13F2NO2/c1-2-11(5-14)6-15-9-3-7(12)8(13)4-10(9)16-11/h3-4H,2,5-6,14H2,1H3/t11-/m0/s1. The molecule has 1 aromatic carbocycles. The van der Waals surface area contributed by atoms with Gasteiger partial charge in [-0.3, -0.25) is 0 Å². The summed E-state index contributed by atoms with van der Waals surface area (Å²) in [6, 6.07) is 1.98. The van der Waals surface area contributed by atoms with Crippen molar-refractivity contribution in [3.05, 3.63) is 23.8 Å². The van der Waals surface area contributed by atoms with Crippen LogP contribution in [0.3, 0.4) is 0 Å². The lowest BCUT2D eigenvalue weighted by molar-refractivity contribution is -0.00511. The number of nitrogens with two attached hydrogens (primary N) is 1. The fourth-order valence-corrected chi connectivity index (χ4v) is 1.59. The summed E-state index contributed by atoms with van der Waals surface area (Å²) < 4.78 is 36.9.